The van der Waals surface area contributed by atoms with E-state index in [1.165, 1.54) is 11.8 Å². The molecule has 0 bridgehead atoms. The van der Waals surface area contributed by atoms with E-state index in [0.717, 1.165) is 21.7 Å². The molecular weight excluding hydrogens is 376 g/mol. The molecule has 1 unspecified atom stereocenters. The van der Waals surface area contributed by atoms with E-state index >= 15 is 0 Å². The van der Waals surface area contributed by atoms with Gasteiger partial charge in [-0.25, -0.2) is 0 Å². The first-order chi connectivity index (χ1) is 13.2. The lowest BCUT2D eigenvalue weighted by Crippen LogP contribution is -2.22. The number of aryl methyl sites for hydroxylation is 2. The third kappa shape index (κ3) is 6.74. The first kappa shape index (κ1) is 21.5. The Morgan fingerprint density at radius 2 is 1.68 bits per heavy atom. The Balaban J connectivity index is 1.90. The number of hydrogen-bond donors (Lipinski definition) is 3. The van der Waals surface area contributed by atoms with Gasteiger partial charge in [0.1, 0.15) is 0 Å². The van der Waals surface area contributed by atoms with Crippen LogP contribution >= 0.6 is 11.8 Å². The number of carbonyl (C=O) groups excluding carboxylic acids is 2. The summed E-state index contributed by atoms with van der Waals surface area (Å²) in [4.78, 5) is 35.5. The van der Waals surface area contributed by atoms with Gasteiger partial charge in [0.25, 0.3) is 0 Å². The zero-order chi connectivity index (χ0) is 20.7. The average Bonchev–Trinajstić information content (AvgIpc) is 2.64. The van der Waals surface area contributed by atoms with E-state index < -0.39 is 5.97 Å². The number of thioether (sulfide) groups is 1. The molecule has 0 heterocycles. The molecule has 0 radical (unpaired) electrons. The molecule has 6 nitrogen and oxygen atoms in total. The molecule has 2 amide bonds. The van der Waals surface area contributed by atoms with Crippen molar-refractivity contribution in [2.75, 3.05) is 10.6 Å². The van der Waals surface area contributed by atoms with Crippen molar-refractivity contribution < 1.29 is 19.5 Å². The maximum absolute atomic E-state index is 12.5. The Hall–Kier alpha value is -2.80. The standard InChI is InChI=1S/C21H24N2O4S/c1-13-4-5-14(2)18(12-13)23-21(27)15(3)28-17-8-6-16(7-9-17)22-19(24)10-11-20(25)26/h4-9,12,15H,10-11H2,1-3H3,(H,22,24)(H,23,27)(H,25,26). The van der Waals surface area contributed by atoms with E-state index in [1.807, 2.05) is 51.1 Å². The van der Waals surface area contributed by atoms with Crippen molar-refractivity contribution in [2.24, 2.45) is 0 Å². The van der Waals surface area contributed by atoms with E-state index in [0.29, 0.717) is 5.69 Å². The molecule has 0 fully saturated rings. The van der Waals surface area contributed by atoms with Crippen LogP contribution < -0.4 is 10.6 Å². The van der Waals surface area contributed by atoms with Crippen LogP contribution in [0.25, 0.3) is 0 Å². The molecule has 0 saturated carbocycles. The third-order valence-electron chi connectivity index (χ3n) is 4.04. The summed E-state index contributed by atoms with van der Waals surface area (Å²) in [5, 5.41) is 13.9. The molecular formula is C21H24N2O4S. The second-order valence-electron chi connectivity index (χ2n) is 6.53. The highest BCUT2D eigenvalue weighted by Crippen LogP contribution is 2.26. The third-order valence-corrected chi connectivity index (χ3v) is 5.15. The minimum absolute atomic E-state index is 0.0680. The largest absolute Gasteiger partial charge is 0.481 e. The zero-order valence-corrected chi connectivity index (χ0v) is 16.9. The monoisotopic (exact) mass is 400 g/mol. The maximum Gasteiger partial charge on any atom is 0.303 e. The minimum Gasteiger partial charge on any atom is -0.481 e. The van der Waals surface area contributed by atoms with E-state index in [4.69, 9.17) is 5.11 Å². The van der Waals surface area contributed by atoms with Gasteiger partial charge in [0, 0.05) is 22.7 Å². The normalized spacial score (nSPS) is 11.5. The van der Waals surface area contributed by atoms with Gasteiger partial charge < -0.3 is 15.7 Å². The highest BCUT2D eigenvalue weighted by Gasteiger charge is 2.15. The van der Waals surface area contributed by atoms with Crippen molar-refractivity contribution in [1.82, 2.24) is 0 Å². The molecule has 28 heavy (non-hydrogen) atoms. The lowest BCUT2D eigenvalue weighted by Gasteiger charge is -2.14. The Labute approximate surface area is 168 Å². The number of benzene rings is 2. The van der Waals surface area contributed by atoms with Crippen LogP contribution in [0.4, 0.5) is 11.4 Å². The number of rotatable bonds is 8. The topological polar surface area (TPSA) is 95.5 Å². The highest BCUT2D eigenvalue weighted by atomic mass is 32.2. The summed E-state index contributed by atoms with van der Waals surface area (Å²) in [5.74, 6) is -1.43. The molecule has 0 saturated heterocycles. The summed E-state index contributed by atoms with van der Waals surface area (Å²) < 4.78 is 0. The number of carbonyl (C=O) groups is 3. The minimum atomic E-state index is -1.00. The van der Waals surface area contributed by atoms with Crippen LogP contribution in [0.5, 0.6) is 0 Å². The van der Waals surface area contributed by atoms with Crippen LogP contribution in [0, 0.1) is 13.8 Å². The molecule has 0 aliphatic carbocycles. The van der Waals surface area contributed by atoms with Gasteiger partial charge in [-0.15, -0.1) is 11.8 Å². The molecule has 1 atom stereocenters. The first-order valence-corrected chi connectivity index (χ1v) is 9.79. The van der Waals surface area contributed by atoms with Crippen LogP contribution in [0.15, 0.2) is 47.4 Å². The number of aliphatic carboxylic acids is 1. The highest BCUT2D eigenvalue weighted by molar-refractivity contribution is 8.00. The van der Waals surface area contributed by atoms with Crippen molar-refractivity contribution in [2.45, 2.75) is 43.8 Å². The van der Waals surface area contributed by atoms with Gasteiger partial charge in [0.15, 0.2) is 0 Å². The molecule has 148 valence electrons. The number of amides is 2. The number of hydrogen-bond acceptors (Lipinski definition) is 4. The summed E-state index contributed by atoms with van der Waals surface area (Å²) in [6.07, 6.45) is -0.270. The van der Waals surface area contributed by atoms with Crippen LogP contribution in [0.2, 0.25) is 0 Å². The summed E-state index contributed by atoms with van der Waals surface area (Å²) >= 11 is 1.42. The SMILES string of the molecule is Cc1ccc(C)c(NC(=O)C(C)Sc2ccc(NC(=O)CCC(=O)O)cc2)c1. The Kier molecular flexibility index (Phi) is 7.63. The summed E-state index contributed by atoms with van der Waals surface area (Å²) in [6.45, 7) is 5.78. The number of nitrogens with one attached hydrogen (secondary N) is 2. The maximum atomic E-state index is 12.5. The summed E-state index contributed by atoms with van der Waals surface area (Å²) in [7, 11) is 0. The zero-order valence-electron chi connectivity index (χ0n) is 16.1. The van der Waals surface area contributed by atoms with Gasteiger partial charge in [-0.3, -0.25) is 14.4 Å². The van der Waals surface area contributed by atoms with Crippen LogP contribution in [0.1, 0.15) is 30.9 Å². The molecule has 3 N–H and O–H groups in total. The van der Waals surface area contributed by atoms with Gasteiger partial charge in [0.05, 0.1) is 11.7 Å². The predicted octanol–water partition coefficient (Wildman–Crippen LogP) is 4.23. The fraction of sp³-hybridized carbons (Fsp3) is 0.286. The number of carboxylic acids is 1. The number of carboxylic acid groups (broad SMARTS) is 1. The van der Waals surface area contributed by atoms with Crippen molar-refractivity contribution in [3.63, 3.8) is 0 Å². The van der Waals surface area contributed by atoms with E-state index in [2.05, 4.69) is 10.6 Å². The van der Waals surface area contributed by atoms with Gasteiger partial charge in [0.2, 0.25) is 11.8 Å². The van der Waals surface area contributed by atoms with Gasteiger partial charge in [-0.1, -0.05) is 12.1 Å². The van der Waals surface area contributed by atoms with E-state index in [1.54, 1.807) is 12.1 Å². The van der Waals surface area contributed by atoms with Crippen molar-refractivity contribution in [3.8, 4) is 0 Å². The fourth-order valence-electron chi connectivity index (χ4n) is 2.42. The van der Waals surface area contributed by atoms with Gasteiger partial charge in [-0.2, -0.15) is 0 Å². The fourth-order valence-corrected chi connectivity index (χ4v) is 3.29. The molecule has 2 aromatic rings. The first-order valence-electron chi connectivity index (χ1n) is 8.91. The quantitative estimate of drug-likeness (QED) is 0.577. The molecule has 0 aliphatic heterocycles. The van der Waals surface area contributed by atoms with Gasteiger partial charge in [-0.05, 0) is 62.2 Å². The molecule has 0 aliphatic rings. The van der Waals surface area contributed by atoms with E-state index in [-0.39, 0.29) is 29.9 Å². The number of anilines is 2. The smallest absolute Gasteiger partial charge is 0.303 e. The Morgan fingerprint density at radius 3 is 2.32 bits per heavy atom. The van der Waals surface area contributed by atoms with Gasteiger partial charge >= 0.3 is 5.97 Å². The van der Waals surface area contributed by atoms with E-state index in [9.17, 15) is 14.4 Å². The van der Waals surface area contributed by atoms with Crippen LogP contribution in [0.3, 0.4) is 0 Å². The summed E-state index contributed by atoms with van der Waals surface area (Å²) in [5.41, 5.74) is 3.51. The molecule has 2 aromatic carbocycles. The lowest BCUT2D eigenvalue weighted by molar-refractivity contribution is -0.138. The predicted molar refractivity (Wildman–Crippen MR) is 112 cm³/mol. The molecule has 2 rings (SSSR count). The molecule has 0 spiro atoms. The van der Waals surface area contributed by atoms with Crippen molar-refractivity contribution in [1.29, 1.82) is 0 Å². The summed E-state index contributed by atoms with van der Waals surface area (Å²) in [6, 6.07) is 13.0. The second kappa shape index (κ2) is 9.94. The van der Waals surface area contributed by atoms with Crippen molar-refractivity contribution in [3.05, 3.63) is 53.6 Å². The Morgan fingerprint density at radius 1 is 1.00 bits per heavy atom. The van der Waals surface area contributed by atoms with Crippen LogP contribution in [-0.2, 0) is 14.4 Å². The lowest BCUT2D eigenvalue weighted by atomic mass is 10.1. The molecule has 7 heteroatoms. The Bertz CT molecular complexity index is 865. The molecule has 0 aromatic heterocycles. The second-order valence-corrected chi connectivity index (χ2v) is 7.95. The van der Waals surface area contributed by atoms with Crippen molar-refractivity contribution >= 4 is 40.9 Å². The van der Waals surface area contributed by atoms with Crippen LogP contribution in [-0.4, -0.2) is 28.1 Å². The average molecular weight is 401 g/mol.